The Hall–Kier alpha value is -0.990. The average Bonchev–Trinajstić information content (AvgIpc) is 3.21. The van der Waals surface area contributed by atoms with Crippen LogP contribution in [-0.4, -0.2) is 19.1 Å². The minimum atomic E-state index is 0.338. The smallest absolute Gasteiger partial charge is 0.0643 e. The molecule has 2 rings (SSSR count). The third kappa shape index (κ3) is 3.52. The fraction of sp³-hybridized carbons (Fsp3) is 0.500. The van der Waals surface area contributed by atoms with Crippen LogP contribution in [-0.2, 0) is 0 Å². The lowest BCUT2D eigenvalue weighted by Crippen LogP contribution is -2.26. The Kier molecular flexibility index (Phi) is 4.89. The topological polar surface area (TPSA) is 15.3 Å². The molecular formula is C16H23ClN2. The van der Waals surface area contributed by atoms with E-state index in [0.29, 0.717) is 12.1 Å². The van der Waals surface area contributed by atoms with Gasteiger partial charge in [0.05, 0.1) is 10.7 Å². The van der Waals surface area contributed by atoms with Crippen LogP contribution in [0.4, 0.5) is 5.69 Å². The zero-order valence-corrected chi connectivity index (χ0v) is 12.6. The van der Waals surface area contributed by atoms with Gasteiger partial charge in [-0.1, -0.05) is 30.7 Å². The summed E-state index contributed by atoms with van der Waals surface area (Å²) in [7, 11) is 0. The monoisotopic (exact) mass is 278 g/mol. The minimum absolute atomic E-state index is 0.338. The summed E-state index contributed by atoms with van der Waals surface area (Å²) in [6.45, 7) is 9.95. The molecule has 1 aliphatic carbocycles. The van der Waals surface area contributed by atoms with E-state index >= 15 is 0 Å². The maximum absolute atomic E-state index is 6.47. The highest BCUT2D eigenvalue weighted by molar-refractivity contribution is 6.33. The van der Waals surface area contributed by atoms with Crippen LogP contribution in [0.25, 0.3) is 0 Å². The third-order valence-electron chi connectivity index (χ3n) is 3.60. The Balaban J connectivity index is 2.19. The molecule has 0 aliphatic heterocycles. The number of hydrogen-bond donors (Lipinski definition) is 1. The van der Waals surface area contributed by atoms with Gasteiger partial charge < -0.3 is 10.2 Å². The second-order valence-corrected chi connectivity index (χ2v) is 5.57. The highest BCUT2D eigenvalue weighted by Crippen LogP contribution is 2.36. The predicted octanol–water partition coefficient (Wildman–Crippen LogP) is 4.17. The number of benzene rings is 1. The van der Waals surface area contributed by atoms with Crippen LogP contribution in [0.15, 0.2) is 30.9 Å². The molecule has 3 heteroatoms. The second-order valence-electron chi connectivity index (χ2n) is 5.16. The highest BCUT2D eigenvalue weighted by atomic mass is 35.5. The first kappa shape index (κ1) is 14.4. The van der Waals surface area contributed by atoms with Crippen LogP contribution in [0.3, 0.4) is 0 Å². The van der Waals surface area contributed by atoms with Gasteiger partial charge in [-0.25, -0.2) is 0 Å². The van der Waals surface area contributed by atoms with E-state index in [0.717, 1.165) is 23.8 Å². The van der Waals surface area contributed by atoms with Crippen molar-refractivity contribution in [3.63, 3.8) is 0 Å². The molecule has 1 aromatic rings. The van der Waals surface area contributed by atoms with E-state index in [1.165, 1.54) is 18.4 Å². The molecule has 1 fully saturated rings. The molecule has 0 bridgehead atoms. The summed E-state index contributed by atoms with van der Waals surface area (Å²) in [5.41, 5.74) is 2.38. The molecule has 2 nitrogen and oxygen atoms in total. The lowest BCUT2D eigenvalue weighted by atomic mass is 10.1. The van der Waals surface area contributed by atoms with Crippen molar-refractivity contribution in [2.24, 2.45) is 0 Å². The summed E-state index contributed by atoms with van der Waals surface area (Å²) in [4.78, 5) is 2.36. The van der Waals surface area contributed by atoms with Gasteiger partial charge in [-0.2, -0.15) is 0 Å². The molecule has 0 radical (unpaired) electrons. The molecule has 0 heterocycles. The summed E-state index contributed by atoms with van der Waals surface area (Å²) in [5.74, 6) is 0. The first-order valence-corrected chi connectivity index (χ1v) is 7.45. The highest BCUT2D eigenvalue weighted by Gasteiger charge is 2.29. The lowest BCUT2D eigenvalue weighted by Gasteiger charge is -2.25. The van der Waals surface area contributed by atoms with Crippen molar-refractivity contribution in [2.75, 3.05) is 18.0 Å². The van der Waals surface area contributed by atoms with Crippen molar-refractivity contribution in [1.29, 1.82) is 0 Å². The van der Waals surface area contributed by atoms with Crippen LogP contribution in [0.5, 0.6) is 0 Å². The molecule has 19 heavy (non-hydrogen) atoms. The first-order valence-electron chi connectivity index (χ1n) is 7.07. The van der Waals surface area contributed by atoms with Gasteiger partial charge in [0.15, 0.2) is 0 Å². The molecule has 1 aliphatic rings. The molecule has 104 valence electrons. The van der Waals surface area contributed by atoms with Crippen LogP contribution >= 0.6 is 11.6 Å². The number of nitrogens with one attached hydrogen (secondary N) is 1. The van der Waals surface area contributed by atoms with Crippen molar-refractivity contribution in [2.45, 2.75) is 38.8 Å². The molecule has 1 atom stereocenters. The number of hydrogen-bond acceptors (Lipinski definition) is 2. The molecule has 0 spiro atoms. The third-order valence-corrected chi connectivity index (χ3v) is 3.91. The fourth-order valence-electron chi connectivity index (χ4n) is 2.42. The van der Waals surface area contributed by atoms with Gasteiger partial charge in [-0.05, 0) is 44.0 Å². The van der Waals surface area contributed by atoms with E-state index in [1.807, 2.05) is 6.08 Å². The largest absolute Gasteiger partial charge is 0.364 e. The van der Waals surface area contributed by atoms with Crippen LogP contribution < -0.4 is 10.2 Å². The Labute approximate surface area is 121 Å². The van der Waals surface area contributed by atoms with E-state index < -0.39 is 0 Å². The summed E-state index contributed by atoms with van der Waals surface area (Å²) in [5, 5.41) is 4.25. The average molecular weight is 279 g/mol. The van der Waals surface area contributed by atoms with Crippen LogP contribution in [0.1, 0.15) is 38.3 Å². The zero-order valence-electron chi connectivity index (χ0n) is 11.8. The molecule has 0 saturated heterocycles. The van der Waals surface area contributed by atoms with Gasteiger partial charge in [0.25, 0.3) is 0 Å². The molecule has 0 amide bonds. The van der Waals surface area contributed by atoms with E-state index in [9.17, 15) is 0 Å². The summed E-state index contributed by atoms with van der Waals surface area (Å²) >= 11 is 6.47. The standard InChI is InChI=1S/C16H23ClN2/c1-4-10-19(14-7-8-14)16-9-6-13(11-15(16)17)12(3)18-5-2/h4,6,9,11-12,14,18H,1,5,7-8,10H2,2-3H3. The summed E-state index contributed by atoms with van der Waals surface area (Å²) < 4.78 is 0. The first-order chi connectivity index (χ1) is 9.17. The number of rotatable bonds is 7. The number of anilines is 1. The van der Waals surface area contributed by atoms with Gasteiger partial charge in [0.1, 0.15) is 0 Å². The minimum Gasteiger partial charge on any atom is -0.364 e. The predicted molar refractivity (Wildman–Crippen MR) is 84.1 cm³/mol. The summed E-state index contributed by atoms with van der Waals surface area (Å²) in [6, 6.07) is 7.39. The van der Waals surface area contributed by atoms with Gasteiger partial charge in [0, 0.05) is 18.6 Å². The second kappa shape index (κ2) is 6.44. The molecular weight excluding hydrogens is 256 g/mol. The number of nitrogens with zero attached hydrogens (tertiary/aromatic N) is 1. The Morgan fingerprint density at radius 3 is 2.79 bits per heavy atom. The van der Waals surface area contributed by atoms with Crippen molar-refractivity contribution < 1.29 is 0 Å². The van der Waals surface area contributed by atoms with E-state index in [1.54, 1.807) is 0 Å². The van der Waals surface area contributed by atoms with E-state index in [-0.39, 0.29) is 0 Å². The van der Waals surface area contributed by atoms with Gasteiger partial charge in [-0.15, -0.1) is 6.58 Å². The van der Waals surface area contributed by atoms with Gasteiger partial charge in [0.2, 0.25) is 0 Å². The van der Waals surface area contributed by atoms with E-state index in [4.69, 9.17) is 11.6 Å². The van der Waals surface area contributed by atoms with Gasteiger partial charge in [-0.3, -0.25) is 0 Å². The Bertz CT molecular complexity index is 440. The van der Waals surface area contributed by atoms with Crippen LogP contribution in [0.2, 0.25) is 5.02 Å². The summed E-state index contributed by atoms with van der Waals surface area (Å²) in [6.07, 6.45) is 4.48. The fourth-order valence-corrected chi connectivity index (χ4v) is 2.72. The molecule has 1 N–H and O–H groups in total. The van der Waals surface area contributed by atoms with E-state index in [2.05, 4.69) is 48.8 Å². The Morgan fingerprint density at radius 1 is 1.53 bits per heavy atom. The van der Waals surface area contributed by atoms with Crippen molar-refractivity contribution in [3.8, 4) is 0 Å². The number of halogens is 1. The maximum atomic E-state index is 6.47. The molecule has 1 saturated carbocycles. The lowest BCUT2D eigenvalue weighted by molar-refractivity contribution is 0.598. The van der Waals surface area contributed by atoms with Gasteiger partial charge >= 0.3 is 0 Å². The quantitative estimate of drug-likeness (QED) is 0.753. The normalized spacial score (nSPS) is 16.2. The molecule has 1 aromatic carbocycles. The molecule has 0 aromatic heterocycles. The SMILES string of the molecule is C=CCN(c1ccc(C(C)NCC)cc1Cl)C1CC1. The van der Waals surface area contributed by atoms with Crippen molar-refractivity contribution in [1.82, 2.24) is 5.32 Å². The molecule has 1 unspecified atom stereocenters. The Morgan fingerprint density at radius 2 is 2.26 bits per heavy atom. The zero-order chi connectivity index (χ0) is 13.8. The maximum Gasteiger partial charge on any atom is 0.0643 e. The van der Waals surface area contributed by atoms with Crippen molar-refractivity contribution >= 4 is 17.3 Å². The van der Waals surface area contributed by atoms with Crippen molar-refractivity contribution in [3.05, 3.63) is 41.4 Å². The van der Waals surface area contributed by atoms with Crippen LogP contribution in [0, 0.1) is 0 Å².